The zero-order valence-electron chi connectivity index (χ0n) is 12.4. The van der Waals surface area contributed by atoms with Crippen LogP contribution in [0, 0.1) is 0 Å². The predicted octanol–water partition coefficient (Wildman–Crippen LogP) is 3.33. The zero-order chi connectivity index (χ0) is 16.1. The van der Waals surface area contributed by atoms with E-state index in [4.69, 9.17) is 18.7 Å². The second kappa shape index (κ2) is 7.50. The maximum absolute atomic E-state index is 11.5. The molecule has 122 valence electrons. The Hall–Kier alpha value is -2.02. The van der Waals surface area contributed by atoms with Crippen LogP contribution in [-0.4, -0.2) is 29.7 Å². The van der Waals surface area contributed by atoms with Gasteiger partial charge in [0.05, 0.1) is 0 Å². The van der Waals surface area contributed by atoms with E-state index in [0.29, 0.717) is 36.8 Å². The number of fused-ring (bicyclic) bond motifs is 1. The summed E-state index contributed by atoms with van der Waals surface area (Å²) in [5.41, 5.74) is 1.40. The first-order valence-corrected chi connectivity index (χ1v) is 8.45. The van der Waals surface area contributed by atoms with Crippen LogP contribution in [0.25, 0.3) is 11.3 Å². The van der Waals surface area contributed by atoms with Crippen molar-refractivity contribution < 1.29 is 23.5 Å². The number of rotatable bonds is 6. The first-order valence-electron chi connectivity index (χ1n) is 7.33. The van der Waals surface area contributed by atoms with E-state index < -0.39 is 0 Å². The number of nitrogens with zero attached hydrogens (tertiary/aromatic N) is 1. The lowest BCUT2D eigenvalue weighted by atomic mass is 10.1. The largest absolute Gasteiger partial charge is 0.486 e. The molecule has 0 bridgehead atoms. The van der Waals surface area contributed by atoms with E-state index >= 15 is 0 Å². The van der Waals surface area contributed by atoms with Gasteiger partial charge >= 0.3 is 5.97 Å². The Morgan fingerprint density at radius 3 is 2.87 bits per heavy atom. The summed E-state index contributed by atoms with van der Waals surface area (Å²) in [7, 11) is 0. The first-order chi connectivity index (χ1) is 11.3. The highest BCUT2D eigenvalue weighted by atomic mass is 79.9. The number of alkyl halides is 1. The van der Waals surface area contributed by atoms with Crippen LogP contribution in [0.15, 0.2) is 28.8 Å². The molecule has 0 saturated carbocycles. The summed E-state index contributed by atoms with van der Waals surface area (Å²) >= 11 is 3.27. The molecule has 0 atom stereocenters. The first kappa shape index (κ1) is 15.9. The van der Waals surface area contributed by atoms with Crippen LogP contribution in [0.2, 0.25) is 0 Å². The van der Waals surface area contributed by atoms with Crippen molar-refractivity contribution in [2.24, 2.45) is 0 Å². The van der Waals surface area contributed by atoms with Crippen LogP contribution >= 0.6 is 15.9 Å². The lowest BCUT2D eigenvalue weighted by Gasteiger charge is -2.18. The highest BCUT2D eigenvalue weighted by Gasteiger charge is 2.15. The van der Waals surface area contributed by atoms with Gasteiger partial charge in [0.2, 0.25) is 0 Å². The number of halogens is 1. The Morgan fingerprint density at radius 1 is 1.22 bits per heavy atom. The molecule has 23 heavy (non-hydrogen) atoms. The molecule has 1 aliphatic heterocycles. The summed E-state index contributed by atoms with van der Waals surface area (Å²) in [5.74, 6) is 1.76. The Bertz CT molecular complexity index is 685. The number of carbonyl (C=O) groups is 1. The summed E-state index contributed by atoms with van der Waals surface area (Å²) in [5, 5.41) is 4.70. The quantitative estimate of drug-likeness (QED) is 0.564. The average Bonchev–Trinajstić information content (AvgIpc) is 3.06. The van der Waals surface area contributed by atoms with Crippen molar-refractivity contribution in [1.82, 2.24) is 5.16 Å². The molecule has 0 unspecified atom stereocenters. The number of carbonyl (C=O) groups excluding carboxylic acids is 1. The third-order valence-corrected chi connectivity index (χ3v) is 3.84. The van der Waals surface area contributed by atoms with E-state index in [0.717, 1.165) is 23.1 Å². The van der Waals surface area contributed by atoms with Crippen molar-refractivity contribution in [3.63, 3.8) is 0 Å². The number of benzene rings is 1. The molecule has 0 spiro atoms. The fraction of sp³-hybridized carbons (Fsp3) is 0.375. The van der Waals surface area contributed by atoms with E-state index in [1.165, 1.54) is 0 Å². The van der Waals surface area contributed by atoms with Crippen molar-refractivity contribution in [2.45, 2.75) is 19.4 Å². The topological polar surface area (TPSA) is 70.8 Å². The normalized spacial score (nSPS) is 12.9. The second-order valence-electron chi connectivity index (χ2n) is 4.99. The highest BCUT2D eigenvalue weighted by molar-refractivity contribution is 9.09. The van der Waals surface area contributed by atoms with E-state index in [2.05, 4.69) is 21.1 Å². The molecule has 0 fully saturated rings. The molecule has 1 aliphatic rings. The molecule has 0 N–H and O–H groups in total. The van der Waals surface area contributed by atoms with Gasteiger partial charge in [0.15, 0.2) is 17.3 Å². The van der Waals surface area contributed by atoms with Crippen molar-refractivity contribution in [3.8, 4) is 22.8 Å². The van der Waals surface area contributed by atoms with Crippen molar-refractivity contribution in [3.05, 3.63) is 30.0 Å². The van der Waals surface area contributed by atoms with Crippen LogP contribution in [-0.2, 0) is 16.1 Å². The van der Waals surface area contributed by atoms with Gasteiger partial charge in [-0.15, -0.1) is 0 Å². The minimum Gasteiger partial charge on any atom is -0.486 e. The third kappa shape index (κ3) is 4.04. The minimum atomic E-state index is -0.242. The van der Waals surface area contributed by atoms with Crippen molar-refractivity contribution in [1.29, 1.82) is 0 Å². The smallest absolute Gasteiger partial charge is 0.306 e. The average molecular weight is 382 g/mol. The monoisotopic (exact) mass is 381 g/mol. The predicted molar refractivity (Wildman–Crippen MR) is 85.8 cm³/mol. The molecule has 0 amide bonds. The summed E-state index contributed by atoms with van der Waals surface area (Å²) in [6, 6.07) is 7.32. The van der Waals surface area contributed by atoms with E-state index in [1.807, 2.05) is 18.2 Å². The maximum Gasteiger partial charge on any atom is 0.306 e. The molecule has 0 radical (unpaired) electrons. The van der Waals surface area contributed by atoms with Gasteiger partial charge in [0, 0.05) is 23.4 Å². The van der Waals surface area contributed by atoms with Gasteiger partial charge in [-0.2, -0.15) is 0 Å². The number of ether oxygens (including phenoxy) is 3. The summed E-state index contributed by atoms with van der Waals surface area (Å²) in [6.45, 7) is 1.19. The van der Waals surface area contributed by atoms with Gasteiger partial charge in [-0.1, -0.05) is 21.1 Å². The number of aromatic nitrogens is 1. The maximum atomic E-state index is 11.5. The van der Waals surface area contributed by atoms with Crippen LogP contribution in [0.5, 0.6) is 11.5 Å². The molecule has 6 nitrogen and oxygen atoms in total. The third-order valence-electron chi connectivity index (χ3n) is 3.28. The van der Waals surface area contributed by atoms with E-state index in [1.54, 1.807) is 6.07 Å². The number of hydrogen-bond acceptors (Lipinski definition) is 6. The van der Waals surface area contributed by atoms with E-state index in [-0.39, 0.29) is 12.6 Å². The molecular weight excluding hydrogens is 366 g/mol. The Kier molecular flexibility index (Phi) is 5.17. The van der Waals surface area contributed by atoms with Crippen molar-refractivity contribution >= 4 is 21.9 Å². The molecule has 0 saturated heterocycles. The second-order valence-corrected chi connectivity index (χ2v) is 5.79. The fourth-order valence-corrected chi connectivity index (χ4v) is 2.43. The lowest BCUT2D eigenvalue weighted by molar-refractivity contribution is -0.145. The Morgan fingerprint density at radius 2 is 2.04 bits per heavy atom. The highest BCUT2D eigenvalue weighted by Crippen LogP contribution is 2.34. The van der Waals surface area contributed by atoms with E-state index in [9.17, 15) is 4.79 Å². The van der Waals surface area contributed by atoms with Gasteiger partial charge in [-0.05, 0) is 24.6 Å². The Balaban J connectivity index is 1.64. The SMILES string of the molecule is O=C(CCCBr)OCc1cc(-c2ccc3c(c2)OCCO3)on1. The molecule has 1 aromatic heterocycles. The standard InChI is InChI=1S/C16H16BrNO5/c17-5-1-2-16(19)22-10-12-9-14(23-18-12)11-3-4-13-15(8-11)21-7-6-20-13/h3-4,8-9H,1-2,5-7,10H2. The van der Waals surface area contributed by atoms with Crippen molar-refractivity contribution in [2.75, 3.05) is 18.5 Å². The molecule has 3 rings (SSSR count). The molecule has 1 aromatic carbocycles. The number of hydrogen-bond donors (Lipinski definition) is 0. The van der Waals surface area contributed by atoms with Gasteiger partial charge in [-0.25, -0.2) is 0 Å². The zero-order valence-corrected chi connectivity index (χ0v) is 14.0. The van der Waals surface area contributed by atoms with Crippen LogP contribution in [0.3, 0.4) is 0 Å². The molecule has 0 aliphatic carbocycles. The summed E-state index contributed by atoms with van der Waals surface area (Å²) in [6.07, 6.45) is 1.14. The summed E-state index contributed by atoms with van der Waals surface area (Å²) < 4.78 is 21.5. The number of esters is 1. The molecule has 2 aromatic rings. The Labute approximate surface area is 141 Å². The molecule has 7 heteroatoms. The lowest BCUT2D eigenvalue weighted by Crippen LogP contribution is -2.15. The fourth-order valence-electron chi connectivity index (χ4n) is 2.15. The molecule has 2 heterocycles. The van der Waals surface area contributed by atoms with Gasteiger partial charge in [0.25, 0.3) is 0 Å². The van der Waals surface area contributed by atoms with Crippen LogP contribution in [0.4, 0.5) is 0 Å². The van der Waals surface area contributed by atoms with Crippen LogP contribution < -0.4 is 9.47 Å². The van der Waals surface area contributed by atoms with Gasteiger partial charge in [-0.3, -0.25) is 4.79 Å². The summed E-state index contributed by atoms with van der Waals surface area (Å²) in [4.78, 5) is 11.5. The van der Waals surface area contributed by atoms with Gasteiger partial charge in [0.1, 0.15) is 25.5 Å². The van der Waals surface area contributed by atoms with Gasteiger partial charge < -0.3 is 18.7 Å². The van der Waals surface area contributed by atoms with Crippen LogP contribution in [0.1, 0.15) is 18.5 Å². The minimum absolute atomic E-state index is 0.106. The molecular formula is C16H16BrNO5.